The number of halogens is 6. The third kappa shape index (κ3) is 4.23. The number of benzene rings is 2. The van der Waals surface area contributed by atoms with E-state index >= 15 is 0 Å². The van der Waals surface area contributed by atoms with E-state index < -0.39 is 23.5 Å². The number of rotatable bonds is 2. The summed E-state index contributed by atoms with van der Waals surface area (Å²) in [6, 6.07) is 8.17. The molecule has 22 heavy (non-hydrogen) atoms. The van der Waals surface area contributed by atoms with Crippen LogP contribution in [0.5, 0.6) is 0 Å². The van der Waals surface area contributed by atoms with Crippen LogP contribution in [0.1, 0.15) is 16.7 Å². The Labute approximate surface area is 124 Å². The Kier molecular flexibility index (Phi) is 4.52. The predicted octanol–water partition coefficient (Wildman–Crippen LogP) is 4.66. The molecule has 0 heterocycles. The monoisotopic (exact) mass is 336 g/mol. The summed E-state index contributed by atoms with van der Waals surface area (Å²) in [4.78, 5) is 0. The highest BCUT2D eigenvalue weighted by Gasteiger charge is 2.31. The van der Waals surface area contributed by atoms with Crippen molar-refractivity contribution < 1.29 is 26.3 Å². The first-order valence-electron chi connectivity index (χ1n) is 6.19. The smallest absolute Gasteiger partial charge is 0.166 e. The molecule has 0 nitrogen and oxygen atoms in total. The van der Waals surface area contributed by atoms with Gasteiger partial charge in [0.2, 0.25) is 0 Å². The van der Waals surface area contributed by atoms with Crippen molar-refractivity contribution in [2.45, 2.75) is 19.3 Å². The molecule has 0 aliphatic rings. The van der Waals surface area contributed by atoms with E-state index in [1.54, 1.807) is 6.07 Å². The van der Waals surface area contributed by atoms with Crippen LogP contribution in [0.2, 0.25) is 0 Å². The Morgan fingerprint density at radius 1 is 0.727 bits per heavy atom. The molecule has 2 rings (SSSR count). The summed E-state index contributed by atoms with van der Waals surface area (Å²) in [5, 5.41) is 0.695. The highest BCUT2D eigenvalue weighted by Crippen LogP contribution is 2.31. The van der Waals surface area contributed by atoms with Crippen LogP contribution >= 0.6 is 8.58 Å². The molecule has 0 N–H and O–H groups in total. The average Bonchev–Trinajstić information content (AvgIpc) is 2.36. The van der Waals surface area contributed by atoms with Crippen molar-refractivity contribution >= 4 is 19.2 Å². The Morgan fingerprint density at radius 3 is 1.91 bits per heavy atom. The van der Waals surface area contributed by atoms with Crippen LogP contribution in [0.15, 0.2) is 42.5 Å². The zero-order valence-electron chi connectivity index (χ0n) is 11.3. The number of aryl methyl sites for hydroxylation is 1. The SMILES string of the molecule is Cc1cc(Pc2cccc(C(F)(F)F)c2)cc(C(F)(F)F)c1. The van der Waals surface area contributed by atoms with Crippen LogP contribution in [0, 0.1) is 6.92 Å². The third-order valence-electron chi connectivity index (χ3n) is 2.88. The van der Waals surface area contributed by atoms with E-state index in [9.17, 15) is 26.3 Å². The number of hydrogen-bond acceptors (Lipinski definition) is 0. The van der Waals surface area contributed by atoms with Crippen molar-refractivity contribution in [1.29, 1.82) is 0 Å². The number of alkyl halides is 6. The molecule has 0 saturated carbocycles. The Morgan fingerprint density at radius 2 is 1.32 bits per heavy atom. The minimum Gasteiger partial charge on any atom is -0.166 e. The molecule has 0 bridgehead atoms. The molecule has 0 aliphatic carbocycles. The number of hydrogen-bond donors (Lipinski definition) is 0. The van der Waals surface area contributed by atoms with Gasteiger partial charge in [0.15, 0.2) is 0 Å². The first-order valence-corrected chi connectivity index (χ1v) is 7.19. The summed E-state index contributed by atoms with van der Waals surface area (Å²) in [7, 11) is -0.276. The lowest BCUT2D eigenvalue weighted by atomic mass is 10.1. The van der Waals surface area contributed by atoms with Gasteiger partial charge in [-0.25, -0.2) is 0 Å². The molecule has 0 aromatic heterocycles. The molecular weight excluding hydrogens is 325 g/mol. The molecule has 2 aromatic rings. The molecule has 118 valence electrons. The van der Waals surface area contributed by atoms with Crippen LogP contribution in [0.3, 0.4) is 0 Å². The van der Waals surface area contributed by atoms with E-state index in [4.69, 9.17) is 0 Å². The first kappa shape index (κ1) is 16.8. The summed E-state index contributed by atoms with van der Waals surface area (Å²) in [6.07, 6.45) is -8.94. The van der Waals surface area contributed by atoms with Crippen LogP contribution in [-0.4, -0.2) is 0 Å². The second-order valence-electron chi connectivity index (χ2n) is 4.79. The van der Waals surface area contributed by atoms with Gasteiger partial charge in [0.25, 0.3) is 0 Å². The van der Waals surface area contributed by atoms with Gasteiger partial charge in [-0.3, -0.25) is 0 Å². The molecule has 0 spiro atoms. The predicted molar refractivity (Wildman–Crippen MR) is 75.2 cm³/mol. The van der Waals surface area contributed by atoms with Crippen LogP contribution in [0.4, 0.5) is 26.3 Å². The van der Waals surface area contributed by atoms with Gasteiger partial charge in [0.1, 0.15) is 0 Å². The summed E-state index contributed by atoms with van der Waals surface area (Å²) in [5.41, 5.74) is -1.17. The Hall–Kier alpha value is -1.55. The Balaban J connectivity index is 2.34. The molecule has 0 fully saturated rings. The first-order chi connectivity index (χ1) is 10.1. The fraction of sp³-hybridized carbons (Fsp3) is 0.200. The molecule has 1 atom stereocenters. The molecule has 0 radical (unpaired) electrons. The minimum atomic E-state index is -4.47. The summed E-state index contributed by atoms with van der Waals surface area (Å²) >= 11 is 0. The van der Waals surface area contributed by atoms with Crippen molar-refractivity contribution in [3.8, 4) is 0 Å². The second-order valence-corrected chi connectivity index (χ2v) is 6.19. The Bertz CT molecular complexity index is 672. The van der Waals surface area contributed by atoms with E-state index in [2.05, 4.69) is 0 Å². The standard InChI is InChI=1S/C15H11F6P/c1-9-5-11(15(19,20)21)8-13(6-9)22-12-4-2-3-10(7-12)14(16,17)18/h2-8,22H,1H3. The topological polar surface area (TPSA) is 0 Å². The molecule has 2 aromatic carbocycles. The van der Waals surface area contributed by atoms with Crippen molar-refractivity contribution in [2.75, 3.05) is 0 Å². The maximum Gasteiger partial charge on any atom is 0.416 e. The summed E-state index contributed by atoms with van der Waals surface area (Å²) in [5.74, 6) is 0. The van der Waals surface area contributed by atoms with Crippen molar-refractivity contribution in [2.24, 2.45) is 0 Å². The van der Waals surface area contributed by atoms with Crippen molar-refractivity contribution in [3.05, 3.63) is 59.2 Å². The van der Waals surface area contributed by atoms with Crippen LogP contribution in [0.25, 0.3) is 0 Å². The lowest BCUT2D eigenvalue weighted by Crippen LogP contribution is -2.13. The van der Waals surface area contributed by atoms with Gasteiger partial charge in [-0.15, -0.1) is 0 Å². The quantitative estimate of drug-likeness (QED) is 0.553. The zero-order valence-corrected chi connectivity index (χ0v) is 12.3. The summed E-state index contributed by atoms with van der Waals surface area (Å²) in [6.45, 7) is 1.52. The molecule has 0 saturated heterocycles. The third-order valence-corrected chi connectivity index (χ3v) is 4.06. The summed E-state index contributed by atoms with van der Waals surface area (Å²) < 4.78 is 76.2. The van der Waals surface area contributed by atoms with Crippen molar-refractivity contribution in [1.82, 2.24) is 0 Å². The van der Waals surface area contributed by atoms with Crippen LogP contribution < -0.4 is 10.6 Å². The lowest BCUT2D eigenvalue weighted by molar-refractivity contribution is -0.138. The normalized spacial score (nSPS) is 13.0. The largest absolute Gasteiger partial charge is 0.416 e. The molecule has 7 heteroatoms. The fourth-order valence-electron chi connectivity index (χ4n) is 1.96. The minimum absolute atomic E-state index is 0.276. The van der Waals surface area contributed by atoms with Gasteiger partial charge in [0.05, 0.1) is 11.1 Å². The van der Waals surface area contributed by atoms with E-state index in [0.29, 0.717) is 16.2 Å². The van der Waals surface area contributed by atoms with E-state index in [1.165, 1.54) is 19.1 Å². The molecule has 1 unspecified atom stereocenters. The van der Waals surface area contributed by atoms with E-state index in [0.717, 1.165) is 24.3 Å². The molecule has 0 aliphatic heterocycles. The van der Waals surface area contributed by atoms with Crippen LogP contribution in [-0.2, 0) is 12.4 Å². The van der Waals surface area contributed by atoms with Gasteiger partial charge >= 0.3 is 12.4 Å². The average molecular weight is 336 g/mol. The van der Waals surface area contributed by atoms with E-state index in [1.807, 2.05) is 0 Å². The second kappa shape index (κ2) is 5.92. The zero-order chi connectivity index (χ0) is 16.5. The maximum atomic E-state index is 12.8. The van der Waals surface area contributed by atoms with Gasteiger partial charge in [0, 0.05) is 0 Å². The van der Waals surface area contributed by atoms with E-state index in [-0.39, 0.29) is 8.58 Å². The highest BCUT2D eigenvalue weighted by molar-refractivity contribution is 7.55. The highest BCUT2D eigenvalue weighted by atomic mass is 31.1. The van der Waals surface area contributed by atoms with Gasteiger partial charge < -0.3 is 0 Å². The maximum absolute atomic E-state index is 12.8. The molecule has 0 amide bonds. The van der Waals surface area contributed by atoms with Gasteiger partial charge in [-0.2, -0.15) is 26.3 Å². The molecular formula is C15H11F6P. The lowest BCUT2D eigenvalue weighted by Gasteiger charge is -2.12. The van der Waals surface area contributed by atoms with Gasteiger partial charge in [-0.1, -0.05) is 26.8 Å². The fourth-order valence-corrected chi connectivity index (χ4v) is 3.23. The van der Waals surface area contributed by atoms with Gasteiger partial charge in [-0.05, 0) is 47.4 Å². The van der Waals surface area contributed by atoms with Crippen molar-refractivity contribution in [3.63, 3.8) is 0 Å².